The Morgan fingerprint density at radius 3 is 0.621 bits per heavy atom. The minimum atomic E-state index is -2.50. The van der Waals surface area contributed by atoms with Crippen molar-refractivity contribution in [2.24, 2.45) is 0 Å². The molecule has 0 N–H and O–H groups in total. The van der Waals surface area contributed by atoms with Gasteiger partial charge in [0.25, 0.3) is 0 Å². The smallest absolute Gasteiger partial charge is 0.148 e. The maximum absolute atomic E-state index is 10.7. The minimum Gasteiger partial charge on any atom is -0.148 e. The number of hydrogen-bond acceptors (Lipinski definition) is 1. The van der Waals surface area contributed by atoms with Gasteiger partial charge in [0.2, 0.25) is 0 Å². The molecule has 0 radical (unpaired) electrons. The number of rotatable bonds is 7. The van der Waals surface area contributed by atoms with E-state index in [1.165, 1.54) is 31.8 Å². The fraction of sp³-hybridized carbons (Fsp3) is 0. The van der Waals surface area contributed by atoms with Crippen LogP contribution in [-0.2, 0) is 42.6 Å². The topological polar surface area (TPSA) is 137 Å². The van der Waals surface area contributed by atoms with Crippen molar-refractivity contribution >= 4 is 50.0 Å². The van der Waals surface area contributed by atoms with Gasteiger partial charge >= 0.3 is 135 Å². The van der Waals surface area contributed by atoms with Gasteiger partial charge in [0.1, 0.15) is 0 Å². The molecule has 0 unspecified atom stereocenters. The summed E-state index contributed by atoms with van der Waals surface area (Å²) in [4.78, 5) is 0. The van der Waals surface area contributed by atoms with Crippen molar-refractivity contribution < 1.29 is 47.7 Å². The molecule has 7 aromatic carbocycles. The molecule has 0 amide bonds. The molecule has 7 rings (SSSR count). The van der Waals surface area contributed by atoms with E-state index >= 15 is 0 Å². The summed E-state index contributed by atoms with van der Waals surface area (Å²) in [5.41, 5.74) is 0.813. The van der Waals surface area contributed by atoms with E-state index in [2.05, 4.69) is 215 Å². The Balaban J connectivity index is 0.000000751. The quantitative estimate of drug-likeness (QED) is 0.0790. The second kappa shape index (κ2) is 29.6. The minimum absolute atomic E-state index is 0.204. The van der Waals surface area contributed by atoms with E-state index < -0.39 is 14.1 Å². The maximum atomic E-state index is 10.7. The molecule has 0 heterocycles. The van der Waals surface area contributed by atoms with Gasteiger partial charge in [-0.1, -0.05) is 109 Å². The van der Waals surface area contributed by atoms with Gasteiger partial charge in [-0.3, -0.25) is 0 Å². The van der Waals surface area contributed by atoms with E-state index in [1.54, 1.807) is 0 Å². The molecule has 7 nitrogen and oxygen atoms in total. The van der Waals surface area contributed by atoms with Gasteiger partial charge in [0.15, 0.2) is 0 Å². The average molecular weight is 968 g/mol. The van der Waals surface area contributed by atoms with Crippen molar-refractivity contribution in [2.75, 3.05) is 0 Å². The molecule has 0 aliphatic heterocycles. The molecule has 0 bridgehead atoms. The Hall–Kier alpha value is -5.67. The van der Waals surface area contributed by atoms with Crippen LogP contribution < -0.4 is 41.1 Å². The van der Waals surface area contributed by atoms with Crippen LogP contribution in [0.25, 0.3) is 0 Å². The van der Waals surface area contributed by atoms with Crippen molar-refractivity contribution in [1.82, 2.24) is 4.17 Å². The number of nitrogens with zero attached hydrogens (tertiary/aromatic N) is 1. The molecule has 0 aliphatic rings. The van der Waals surface area contributed by atoms with Crippen LogP contribution in [0.1, 0.15) is 5.56 Å². The first-order valence-corrected chi connectivity index (χ1v) is 21.7. The zero-order valence-electron chi connectivity index (χ0n) is 30.9. The Bertz CT molecular complexity index is 2060. The summed E-state index contributed by atoms with van der Waals surface area (Å²) < 4.78 is 44.1. The molecular formula is C48H35NO6P2W. The molecule has 284 valence electrons. The van der Waals surface area contributed by atoms with Gasteiger partial charge < -0.3 is 0 Å². The zero-order valence-corrected chi connectivity index (χ0v) is 35.6. The predicted octanol–water partition coefficient (Wildman–Crippen LogP) is 6.29. The molecule has 10 heteroatoms. The van der Waals surface area contributed by atoms with Gasteiger partial charge in [0, 0.05) is 0 Å². The molecule has 0 aliphatic carbocycles. The van der Waals surface area contributed by atoms with Crippen LogP contribution in [0, 0.1) is 33.3 Å². The first kappa shape index (κ1) is 50.3. The Morgan fingerprint density at radius 2 is 0.483 bits per heavy atom. The molecule has 0 aromatic heterocycles. The molecular weight excluding hydrogens is 932 g/mol. The SMILES string of the molecule is [C-]#[O+].[C-]#[O+].[C-]#[O+].[C-]#[O+].[C-]#[O+].[O-][C](=[W])c1ccccc1.c1ccc(P(=[N+]=P(c2ccccc2)(c2ccccc2)c2ccccc2)(c2ccccc2)c2ccccc2)cc1. The van der Waals surface area contributed by atoms with Crippen LogP contribution in [0.2, 0.25) is 0 Å². The third kappa shape index (κ3) is 13.2. The third-order valence-corrected chi connectivity index (χ3v) is 17.3. The number of hydrogen-bond donors (Lipinski definition) is 0. The Kier molecular flexibility index (Phi) is 25.7. The standard InChI is InChI=1S/C36H30NP2.C7H5O.5CO.W/c1-7-19-31(20-8-1)38(32-21-9-2-10-22-32,33-23-11-3-12-24-33)37-39(34-25-13-4-14-26-34,35-27-15-5-16-28-35)36-29-17-6-18-30-36;8-6-7-4-2-1-3-5-7;5*1-2;/h1-30H;1-5H;;;;;;/q+1;-1;;;;;;. The summed E-state index contributed by atoms with van der Waals surface area (Å²) in [6.45, 7) is 22.5. The summed E-state index contributed by atoms with van der Waals surface area (Å²) in [6, 6.07) is 75.0. The van der Waals surface area contributed by atoms with E-state index in [1.807, 2.05) is 30.3 Å². The largest absolute Gasteiger partial charge is 0.301 e. The van der Waals surface area contributed by atoms with Crippen LogP contribution in [0.15, 0.2) is 212 Å². The summed E-state index contributed by atoms with van der Waals surface area (Å²) in [5, 5.41) is 18.2. The van der Waals surface area contributed by atoms with Gasteiger partial charge in [-0.25, -0.2) is 0 Å². The molecule has 0 saturated carbocycles. The fourth-order valence-corrected chi connectivity index (χ4v) is 15.8. The first-order valence-electron chi connectivity index (χ1n) is 16.8. The van der Waals surface area contributed by atoms with Crippen LogP contribution in [-0.4, -0.2) is 4.08 Å². The van der Waals surface area contributed by atoms with Crippen LogP contribution in [0.4, 0.5) is 0 Å². The second-order valence-corrected chi connectivity index (χ2v) is 18.7. The van der Waals surface area contributed by atoms with Gasteiger partial charge in [-0.2, -0.15) is 0 Å². The van der Waals surface area contributed by atoms with Crippen molar-refractivity contribution in [1.29, 1.82) is 0 Å². The Labute approximate surface area is 351 Å². The predicted molar refractivity (Wildman–Crippen MR) is 223 cm³/mol. The van der Waals surface area contributed by atoms with Crippen molar-refractivity contribution in [3.8, 4) is 0 Å². The second-order valence-electron chi connectivity index (χ2n) is 11.0. The van der Waals surface area contributed by atoms with E-state index in [0.717, 1.165) is 24.9 Å². The maximum Gasteiger partial charge on any atom is 0.301 e. The zero-order chi connectivity index (χ0) is 43.1. The van der Waals surface area contributed by atoms with Gasteiger partial charge in [0.05, 0.1) is 31.8 Å². The van der Waals surface area contributed by atoms with Gasteiger partial charge in [-0.15, -0.1) is 4.17 Å². The fourth-order valence-electron chi connectivity index (χ4n) is 5.84. The van der Waals surface area contributed by atoms with Crippen molar-refractivity contribution in [3.05, 3.63) is 251 Å². The van der Waals surface area contributed by atoms with E-state index in [9.17, 15) is 5.11 Å². The molecule has 7 aromatic rings. The van der Waals surface area contributed by atoms with Crippen molar-refractivity contribution in [2.45, 2.75) is 0 Å². The molecule has 0 fully saturated rings. The van der Waals surface area contributed by atoms with E-state index in [0.29, 0.717) is 0 Å². The van der Waals surface area contributed by atoms with Crippen molar-refractivity contribution in [3.63, 3.8) is 0 Å². The van der Waals surface area contributed by atoms with Crippen LogP contribution in [0.3, 0.4) is 0 Å². The summed E-state index contributed by atoms with van der Waals surface area (Å²) >= 11 is 0.996. The normalized spacial score (nSPS) is 9.29. The molecule has 0 spiro atoms. The molecule has 0 saturated heterocycles. The monoisotopic (exact) mass is 967 g/mol. The molecule has 58 heavy (non-hydrogen) atoms. The summed E-state index contributed by atoms with van der Waals surface area (Å²) in [5.74, 6) is 0. The van der Waals surface area contributed by atoms with E-state index in [4.69, 9.17) is 27.4 Å². The molecule has 0 atom stereocenters. The van der Waals surface area contributed by atoms with Crippen LogP contribution >= 0.6 is 14.1 Å². The van der Waals surface area contributed by atoms with Crippen LogP contribution in [0.5, 0.6) is 0 Å². The van der Waals surface area contributed by atoms with E-state index in [-0.39, 0.29) is 4.08 Å². The third-order valence-electron chi connectivity index (χ3n) is 8.06. The summed E-state index contributed by atoms with van der Waals surface area (Å²) in [6.07, 6.45) is 0. The first-order chi connectivity index (χ1) is 28.6. The Morgan fingerprint density at radius 1 is 0.328 bits per heavy atom. The number of benzene rings is 7. The van der Waals surface area contributed by atoms with Gasteiger partial charge in [-0.05, 0) is 72.8 Å². The average Bonchev–Trinajstić information content (AvgIpc) is 3.35. The summed E-state index contributed by atoms with van der Waals surface area (Å²) in [7, 11) is -4.99.